The smallest absolute Gasteiger partial charge is 0.299 e. The number of fused-ring (bicyclic) bond motifs is 6. The lowest BCUT2D eigenvalue weighted by Gasteiger charge is -2.31. The maximum atomic E-state index is 13.8. The lowest BCUT2D eigenvalue weighted by molar-refractivity contribution is -0.714. The van der Waals surface area contributed by atoms with Gasteiger partial charge in [0.25, 0.3) is 5.91 Å². The molecule has 1 amide bonds. The van der Waals surface area contributed by atoms with Gasteiger partial charge in [0.1, 0.15) is 0 Å². The summed E-state index contributed by atoms with van der Waals surface area (Å²) in [6, 6.07) is 16.7. The fourth-order valence-corrected chi connectivity index (χ4v) is 4.80. The standard InChI is InChI=1S/C22H23N3O/c1-14(2)13-25-19-10-6-4-8-17(19)22(21(25)26)20-16(11-12-23-22)15-7-3-5-9-18(15)24-20/h3-10,14,23-24H,11-13H2,1-2H3/p+1/t22-/m0/s1. The summed E-state index contributed by atoms with van der Waals surface area (Å²) in [5, 5.41) is 3.49. The number of nitrogens with zero attached hydrogens (tertiary/aromatic N) is 1. The van der Waals surface area contributed by atoms with Crippen LogP contribution in [0, 0.1) is 5.92 Å². The van der Waals surface area contributed by atoms with Gasteiger partial charge in [-0.05, 0) is 29.7 Å². The van der Waals surface area contributed by atoms with Crippen molar-refractivity contribution in [2.45, 2.75) is 25.8 Å². The van der Waals surface area contributed by atoms with Crippen molar-refractivity contribution >= 4 is 22.5 Å². The fourth-order valence-electron chi connectivity index (χ4n) is 4.80. The summed E-state index contributed by atoms with van der Waals surface area (Å²) < 4.78 is 0. The van der Waals surface area contributed by atoms with Crippen molar-refractivity contribution < 1.29 is 10.1 Å². The van der Waals surface area contributed by atoms with E-state index in [9.17, 15) is 4.79 Å². The van der Waals surface area contributed by atoms with Gasteiger partial charge in [-0.1, -0.05) is 44.2 Å². The summed E-state index contributed by atoms with van der Waals surface area (Å²) in [6.07, 6.45) is 0.987. The number of rotatable bonds is 2. The number of benzene rings is 2. The Morgan fingerprint density at radius 3 is 2.77 bits per heavy atom. The first kappa shape index (κ1) is 15.6. The average molecular weight is 346 g/mol. The van der Waals surface area contributed by atoms with E-state index < -0.39 is 5.54 Å². The number of para-hydroxylation sites is 2. The van der Waals surface area contributed by atoms with E-state index >= 15 is 0 Å². The molecule has 0 saturated carbocycles. The second-order valence-corrected chi connectivity index (χ2v) is 7.90. The minimum absolute atomic E-state index is 0.194. The number of nitrogens with one attached hydrogen (secondary N) is 1. The molecule has 2 aliphatic heterocycles. The highest BCUT2D eigenvalue weighted by molar-refractivity contribution is 6.09. The average Bonchev–Trinajstić information content (AvgIpc) is 3.13. The van der Waals surface area contributed by atoms with E-state index in [4.69, 9.17) is 0 Å². The van der Waals surface area contributed by atoms with Crippen molar-refractivity contribution in [3.05, 3.63) is 65.4 Å². The zero-order valence-corrected chi connectivity index (χ0v) is 15.3. The molecule has 1 aromatic heterocycles. The van der Waals surface area contributed by atoms with Crippen molar-refractivity contribution in [1.29, 1.82) is 0 Å². The summed E-state index contributed by atoms with van der Waals surface area (Å²) >= 11 is 0. The molecule has 3 heterocycles. The van der Waals surface area contributed by atoms with Crippen LogP contribution in [0.5, 0.6) is 0 Å². The van der Waals surface area contributed by atoms with Gasteiger partial charge in [-0.3, -0.25) is 4.79 Å². The third-order valence-corrected chi connectivity index (χ3v) is 5.80. The molecule has 0 saturated heterocycles. The molecule has 4 heteroatoms. The Bertz CT molecular complexity index is 1020. The molecule has 26 heavy (non-hydrogen) atoms. The number of quaternary nitrogens is 1. The summed E-state index contributed by atoms with van der Waals surface area (Å²) in [5.74, 6) is 0.618. The second-order valence-electron chi connectivity index (χ2n) is 7.90. The van der Waals surface area contributed by atoms with Crippen LogP contribution in [-0.4, -0.2) is 24.0 Å². The van der Waals surface area contributed by atoms with Gasteiger partial charge in [-0.2, -0.15) is 0 Å². The molecule has 2 aromatic carbocycles. The number of amides is 1. The normalized spacial score (nSPS) is 21.7. The Kier molecular flexibility index (Phi) is 3.28. The number of aromatic nitrogens is 1. The molecule has 132 valence electrons. The Balaban J connectivity index is 1.79. The molecule has 4 nitrogen and oxygen atoms in total. The number of hydrogen-bond donors (Lipinski definition) is 2. The molecule has 5 rings (SSSR count). The molecular weight excluding hydrogens is 322 g/mol. The van der Waals surface area contributed by atoms with Crippen molar-refractivity contribution in [3.8, 4) is 0 Å². The van der Waals surface area contributed by atoms with Gasteiger partial charge in [0.05, 0.1) is 23.5 Å². The largest absolute Gasteiger partial charge is 0.352 e. The van der Waals surface area contributed by atoms with Crippen LogP contribution >= 0.6 is 0 Å². The molecule has 0 aliphatic carbocycles. The summed E-state index contributed by atoms with van der Waals surface area (Å²) in [5.41, 5.74) is 5.02. The maximum Gasteiger partial charge on any atom is 0.299 e. The van der Waals surface area contributed by atoms with Crippen LogP contribution in [-0.2, 0) is 16.8 Å². The first-order valence-corrected chi connectivity index (χ1v) is 9.49. The molecule has 2 aliphatic rings. The molecule has 0 unspecified atom stereocenters. The van der Waals surface area contributed by atoms with Crippen LogP contribution in [0.1, 0.15) is 30.7 Å². The topological polar surface area (TPSA) is 52.7 Å². The number of aromatic amines is 1. The SMILES string of the molecule is CC(C)CN1C(=O)[C@]2([NH2+]CCc3c2[nH]c2ccccc32)c2ccccc21. The van der Waals surface area contributed by atoms with Gasteiger partial charge in [0, 0.05) is 23.9 Å². The highest BCUT2D eigenvalue weighted by atomic mass is 16.2. The molecular formula is C22H24N3O+. The van der Waals surface area contributed by atoms with Crippen molar-refractivity contribution in [2.75, 3.05) is 18.0 Å². The van der Waals surface area contributed by atoms with Crippen molar-refractivity contribution in [3.63, 3.8) is 0 Å². The predicted molar refractivity (Wildman–Crippen MR) is 103 cm³/mol. The molecule has 1 spiro atoms. The second kappa shape index (κ2) is 5.45. The van der Waals surface area contributed by atoms with E-state index in [0.29, 0.717) is 5.92 Å². The van der Waals surface area contributed by atoms with E-state index in [-0.39, 0.29) is 5.91 Å². The van der Waals surface area contributed by atoms with Gasteiger partial charge < -0.3 is 15.2 Å². The lowest BCUT2D eigenvalue weighted by atomic mass is 9.82. The van der Waals surface area contributed by atoms with E-state index in [1.54, 1.807) is 0 Å². The Morgan fingerprint density at radius 2 is 1.92 bits per heavy atom. The van der Waals surface area contributed by atoms with Crippen LogP contribution in [0.2, 0.25) is 0 Å². The summed E-state index contributed by atoms with van der Waals surface area (Å²) in [4.78, 5) is 19.4. The Morgan fingerprint density at radius 1 is 1.15 bits per heavy atom. The first-order chi connectivity index (χ1) is 12.6. The van der Waals surface area contributed by atoms with E-state index in [1.807, 2.05) is 11.0 Å². The monoisotopic (exact) mass is 346 g/mol. The number of hydrogen-bond acceptors (Lipinski definition) is 1. The quantitative estimate of drug-likeness (QED) is 0.736. The minimum atomic E-state index is -0.669. The number of carbonyl (C=O) groups excluding carboxylic acids is 1. The van der Waals surface area contributed by atoms with Gasteiger partial charge in [0.2, 0.25) is 5.54 Å². The lowest BCUT2D eigenvalue weighted by Crippen LogP contribution is -2.99. The Labute approximate surface area is 153 Å². The third kappa shape index (κ3) is 1.91. The molecule has 0 bridgehead atoms. The zero-order chi connectivity index (χ0) is 17.9. The summed E-state index contributed by atoms with van der Waals surface area (Å²) in [6.45, 7) is 6.01. The summed E-state index contributed by atoms with van der Waals surface area (Å²) in [7, 11) is 0. The van der Waals surface area contributed by atoms with E-state index in [2.05, 4.69) is 66.6 Å². The van der Waals surface area contributed by atoms with Gasteiger partial charge in [0.15, 0.2) is 0 Å². The van der Waals surface area contributed by atoms with Crippen molar-refractivity contribution in [2.24, 2.45) is 5.92 Å². The third-order valence-electron chi connectivity index (χ3n) is 5.80. The zero-order valence-electron chi connectivity index (χ0n) is 15.3. The fraction of sp³-hybridized carbons (Fsp3) is 0.318. The highest BCUT2D eigenvalue weighted by Gasteiger charge is 2.58. The number of carbonyl (C=O) groups is 1. The van der Waals surface area contributed by atoms with Crippen LogP contribution in [0.4, 0.5) is 5.69 Å². The van der Waals surface area contributed by atoms with Gasteiger partial charge in [-0.25, -0.2) is 0 Å². The number of H-pyrrole nitrogens is 1. The first-order valence-electron chi connectivity index (χ1n) is 9.49. The molecule has 3 N–H and O–H groups in total. The Hall–Kier alpha value is -2.59. The van der Waals surface area contributed by atoms with Gasteiger partial charge >= 0.3 is 0 Å². The van der Waals surface area contributed by atoms with Crippen molar-refractivity contribution in [1.82, 2.24) is 4.98 Å². The highest BCUT2D eigenvalue weighted by Crippen LogP contribution is 2.45. The molecule has 3 aromatic rings. The maximum absolute atomic E-state index is 13.8. The molecule has 0 fully saturated rings. The molecule has 0 radical (unpaired) electrons. The number of nitrogens with two attached hydrogens (primary N) is 1. The van der Waals surface area contributed by atoms with Crippen LogP contribution < -0.4 is 10.2 Å². The minimum Gasteiger partial charge on any atom is -0.352 e. The van der Waals surface area contributed by atoms with E-state index in [1.165, 1.54) is 10.9 Å². The van der Waals surface area contributed by atoms with Crippen LogP contribution in [0.15, 0.2) is 48.5 Å². The van der Waals surface area contributed by atoms with Crippen LogP contribution in [0.25, 0.3) is 10.9 Å². The van der Waals surface area contributed by atoms with E-state index in [0.717, 1.165) is 42.0 Å². The number of anilines is 1. The van der Waals surface area contributed by atoms with Crippen LogP contribution in [0.3, 0.4) is 0 Å². The molecule has 1 atom stereocenters. The predicted octanol–water partition coefficient (Wildman–Crippen LogP) is 2.53. The van der Waals surface area contributed by atoms with Gasteiger partial charge in [-0.15, -0.1) is 0 Å².